The molecule has 0 spiro atoms. The van der Waals surface area contributed by atoms with Gasteiger partial charge in [0.15, 0.2) is 0 Å². The first-order valence-electron chi connectivity index (χ1n) is 6.42. The number of benzene rings is 1. The van der Waals surface area contributed by atoms with Crippen LogP contribution in [0, 0.1) is 0 Å². The SMILES string of the molecule is COC(=O)c1ccc(S(=O)(=O)N2CC[C@@H](N)C2)c(OC)c1.Cl. The van der Waals surface area contributed by atoms with E-state index in [0.717, 1.165) is 0 Å². The van der Waals surface area contributed by atoms with Gasteiger partial charge >= 0.3 is 5.97 Å². The van der Waals surface area contributed by atoms with Gasteiger partial charge in [-0.25, -0.2) is 13.2 Å². The quantitative estimate of drug-likeness (QED) is 0.799. The van der Waals surface area contributed by atoms with Crippen molar-refractivity contribution in [2.75, 3.05) is 27.3 Å². The summed E-state index contributed by atoms with van der Waals surface area (Å²) in [5.41, 5.74) is 5.98. The summed E-state index contributed by atoms with van der Waals surface area (Å²) in [7, 11) is -1.08. The Kier molecular flexibility index (Phi) is 6.18. The van der Waals surface area contributed by atoms with Gasteiger partial charge in [-0.05, 0) is 24.6 Å². The number of nitrogens with two attached hydrogens (primary N) is 1. The van der Waals surface area contributed by atoms with Crippen molar-refractivity contribution in [3.8, 4) is 5.75 Å². The summed E-state index contributed by atoms with van der Waals surface area (Å²) < 4.78 is 36.2. The number of nitrogens with zero attached hydrogens (tertiary/aromatic N) is 1. The van der Waals surface area contributed by atoms with Crippen LogP contribution in [0.5, 0.6) is 5.75 Å². The molecular weight excluding hydrogens is 332 g/mol. The zero-order valence-electron chi connectivity index (χ0n) is 12.3. The molecule has 0 aliphatic carbocycles. The maximum absolute atomic E-state index is 12.6. The zero-order chi connectivity index (χ0) is 15.6. The third-order valence-corrected chi connectivity index (χ3v) is 5.29. The summed E-state index contributed by atoms with van der Waals surface area (Å²) in [5, 5.41) is 0. The van der Waals surface area contributed by atoms with Crippen LogP contribution < -0.4 is 10.5 Å². The predicted octanol–water partition coefficient (Wildman–Crippen LogP) is 0.625. The van der Waals surface area contributed by atoms with Gasteiger partial charge in [-0.2, -0.15) is 4.31 Å². The Balaban J connectivity index is 0.00000242. The second-order valence-corrected chi connectivity index (χ2v) is 6.68. The van der Waals surface area contributed by atoms with E-state index < -0.39 is 16.0 Å². The molecule has 0 radical (unpaired) electrons. The molecule has 7 nitrogen and oxygen atoms in total. The highest BCUT2D eigenvalue weighted by molar-refractivity contribution is 7.89. The second-order valence-electron chi connectivity index (χ2n) is 4.77. The summed E-state index contributed by atoms with van der Waals surface area (Å²) in [5.74, 6) is -0.446. The van der Waals surface area contributed by atoms with Gasteiger partial charge in [-0.1, -0.05) is 0 Å². The van der Waals surface area contributed by atoms with Gasteiger partial charge in [0, 0.05) is 19.1 Å². The summed E-state index contributed by atoms with van der Waals surface area (Å²) in [6.07, 6.45) is 0.627. The molecule has 0 bridgehead atoms. The van der Waals surface area contributed by atoms with E-state index in [1.165, 1.54) is 36.7 Å². The minimum absolute atomic E-state index is 0. The van der Waals surface area contributed by atoms with Gasteiger partial charge in [-0.3, -0.25) is 0 Å². The number of rotatable bonds is 4. The smallest absolute Gasteiger partial charge is 0.337 e. The van der Waals surface area contributed by atoms with Crippen molar-refractivity contribution in [3.63, 3.8) is 0 Å². The minimum Gasteiger partial charge on any atom is -0.495 e. The van der Waals surface area contributed by atoms with E-state index in [1.807, 2.05) is 0 Å². The van der Waals surface area contributed by atoms with Crippen LogP contribution in [0.3, 0.4) is 0 Å². The van der Waals surface area contributed by atoms with Crippen molar-refractivity contribution in [1.29, 1.82) is 0 Å². The molecule has 1 aromatic rings. The Hall–Kier alpha value is -1.35. The molecule has 1 aliphatic heterocycles. The molecule has 1 aromatic carbocycles. The molecule has 1 atom stereocenters. The number of sulfonamides is 1. The molecule has 9 heteroatoms. The van der Waals surface area contributed by atoms with E-state index in [0.29, 0.717) is 13.0 Å². The van der Waals surface area contributed by atoms with Crippen LogP contribution in [0.4, 0.5) is 0 Å². The van der Waals surface area contributed by atoms with Gasteiger partial charge in [0.1, 0.15) is 10.6 Å². The van der Waals surface area contributed by atoms with E-state index in [-0.39, 0.29) is 41.2 Å². The molecule has 124 valence electrons. The fraction of sp³-hybridized carbons (Fsp3) is 0.462. The number of halogens is 1. The highest BCUT2D eigenvalue weighted by atomic mass is 35.5. The third kappa shape index (κ3) is 3.52. The zero-order valence-corrected chi connectivity index (χ0v) is 13.9. The Bertz CT molecular complexity index is 650. The fourth-order valence-electron chi connectivity index (χ4n) is 2.24. The first-order chi connectivity index (χ1) is 9.90. The Morgan fingerprint density at radius 1 is 1.36 bits per heavy atom. The van der Waals surface area contributed by atoms with Crippen molar-refractivity contribution in [1.82, 2.24) is 4.31 Å². The number of hydrogen-bond acceptors (Lipinski definition) is 6. The fourth-order valence-corrected chi connectivity index (χ4v) is 3.89. The summed E-state index contributed by atoms with van der Waals surface area (Å²) >= 11 is 0. The molecular formula is C13H19ClN2O5S. The van der Waals surface area contributed by atoms with Crippen LogP contribution in [-0.2, 0) is 14.8 Å². The maximum atomic E-state index is 12.6. The topological polar surface area (TPSA) is 98.9 Å². The van der Waals surface area contributed by atoms with Gasteiger partial charge in [0.05, 0.1) is 19.8 Å². The number of ether oxygens (including phenoxy) is 2. The largest absolute Gasteiger partial charge is 0.495 e. The summed E-state index contributed by atoms with van der Waals surface area (Å²) in [6, 6.07) is 3.95. The molecule has 0 aromatic heterocycles. The monoisotopic (exact) mass is 350 g/mol. The number of methoxy groups -OCH3 is 2. The van der Waals surface area contributed by atoms with Gasteiger partial charge < -0.3 is 15.2 Å². The third-order valence-electron chi connectivity index (χ3n) is 3.39. The lowest BCUT2D eigenvalue weighted by Gasteiger charge is -2.18. The van der Waals surface area contributed by atoms with Crippen LogP contribution in [0.2, 0.25) is 0 Å². The first kappa shape index (κ1) is 18.7. The molecule has 0 amide bonds. The van der Waals surface area contributed by atoms with Crippen LogP contribution in [0.1, 0.15) is 16.8 Å². The molecule has 1 fully saturated rings. The predicted molar refractivity (Wildman–Crippen MR) is 82.9 cm³/mol. The summed E-state index contributed by atoms with van der Waals surface area (Å²) in [6.45, 7) is 0.662. The lowest BCUT2D eigenvalue weighted by atomic mass is 10.2. The van der Waals surface area contributed by atoms with Crippen molar-refractivity contribution in [3.05, 3.63) is 23.8 Å². The van der Waals surface area contributed by atoms with E-state index in [4.69, 9.17) is 10.5 Å². The van der Waals surface area contributed by atoms with Gasteiger partial charge in [0.2, 0.25) is 10.0 Å². The molecule has 2 rings (SSSR count). The summed E-state index contributed by atoms with van der Waals surface area (Å²) in [4.78, 5) is 11.5. The van der Waals surface area contributed by atoms with Gasteiger partial charge in [-0.15, -0.1) is 12.4 Å². The van der Waals surface area contributed by atoms with Crippen LogP contribution in [0.25, 0.3) is 0 Å². The highest BCUT2D eigenvalue weighted by Gasteiger charge is 2.33. The number of carbonyl (C=O) groups excluding carboxylic acids is 1. The van der Waals surface area contributed by atoms with Crippen molar-refractivity contribution in [2.24, 2.45) is 5.73 Å². The molecule has 2 N–H and O–H groups in total. The minimum atomic E-state index is -3.69. The van der Waals surface area contributed by atoms with Crippen molar-refractivity contribution < 1.29 is 22.7 Å². The molecule has 1 aliphatic rings. The standard InChI is InChI=1S/C13H18N2O5S.ClH/c1-19-11-7-9(13(16)20-2)3-4-12(11)21(17,18)15-6-5-10(14)8-15;/h3-4,7,10H,5-6,8,14H2,1-2H3;1H/t10-;/m1./s1. The lowest BCUT2D eigenvalue weighted by molar-refractivity contribution is 0.0600. The van der Waals surface area contributed by atoms with Crippen molar-refractivity contribution >= 4 is 28.4 Å². The second kappa shape index (κ2) is 7.28. The average Bonchev–Trinajstić information content (AvgIpc) is 2.93. The Morgan fingerprint density at radius 2 is 2.05 bits per heavy atom. The maximum Gasteiger partial charge on any atom is 0.337 e. The molecule has 22 heavy (non-hydrogen) atoms. The van der Waals surface area contributed by atoms with Crippen LogP contribution in [0.15, 0.2) is 23.1 Å². The Morgan fingerprint density at radius 3 is 2.55 bits per heavy atom. The average molecular weight is 351 g/mol. The van der Waals surface area contributed by atoms with Crippen LogP contribution in [-0.4, -0.2) is 52.0 Å². The Labute approximate surface area is 135 Å². The highest BCUT2D eigenvalue weighted by Crippen LogP contribution is 2.29. The van der Waals surface area contributed by atoms with Crippen LogP contribution >= 0.6 is 12.4 Å². The molecule has 0 unspecified atom stereocenters. The molecule has 1 heterocycles. The number of hydrogen-bond donors (Lipinski definition) is 1. The molecule has 1 saturated heterocycles. The number of carbonyl (C=O) groups is 1. The van der Waals surface area contributed by atoms with Gasteiger partial charge in [0.25, 0.3) is 0 Å². The van der Waals surface area contributed by atoms with E-state index >= 15 is 0 Å². The lowest BCUT2D eigenvalue weighted by Crippen LogP contribution is -2.32. The van der Waals surface area contributed by atoms with E-state index in [2.05, 4.69) is 4.74 Å². The molecule has 0 saturated carbocycles. The van der Waals surface area contributed by atoms with E-state index in [9.17, 15) is 13.2 Å². The number of esters is 1. The normalized spacial score (nSPS) is 18.6. The van der Waals surface area contributed by atoms with E-state index in [1.54, 1.807) is 0 Å². The van der Waals surface area contributed by atoms with Crippen molar-refractivity contribution in [2.45, 2.75) is 17.4 Å². The first-order valence-corrected chi connectivity index (χ1v) is 7.86.